The van der Waals surface area contributed by atoms with Gasteiger partial charge in [-0.15, -0.1) is 11.3 Å². The van der Waals surface area contributed by atoms with E-state index in [0.717, 1.165) is 11.3 Å². The van der Waals surface area contributed by atoms with Crippen LogP contribution in [-0.2, 0) is 10.0 Å². The van der Waals surface area contributed by atoms with Crippen molar-refractivity contribution in [2.45, 2.75) is 11.8 Å². The van der Waals surface area contributed by atoms with E-state index in [2.05, 4.69) is 30.8 Å². The molecular weight excluding hydrogens is 366 g/mol. The topological polar surface area (TPSA) is 91.7 Å². The molecule has 6 nitrogen and oxygen atoms in total. The summed E-state index contributed by atoms with van der Waals surface area (Å²) >= 11 is 4.31. The highest BCUT2D eigenvalue weighted by molar-refractivity contribution is 9.10. The van der Waals surface area contributed by atoms with Crippen molar-refractivity contribution in [3.8, 4) is 0 Å². The summed E-state index contributed by atoms with van der Waals surface area (Å²) in [6.07, 6.45) is 0. The van der Waals surface area contributed by atoms with Gasteiger partial charge in [-0.3, -0.25) is 4.72 Å². The smallest absolute Gasteiger partial charge is 0.264 e. The number of nitrogens with zero attached hydrogens (tertiary/aromatic N) is 2. The second kappa shape index (κ2) is 5.90. The lowest BCUT2D eigenvalue weighted by Crippen LogP contribution is -2.13. The molecule has 106 valence electrons. The Labute approximate surface area is 128 Å². The van der Waals surface area contributed by atoms with Gasteiger partial charge in [-0.2, -0.15) is 0 Å². The molecule has 0 radical (unpaired) electrons. The van der Waals surface area contributed by atoms with E-state index in [9.17, 15) is 8.42 Å². The molecule has 0 unspecified atom stereocenters. The molecule has 2 N–H and O–H groups in total. The third kappa shape index (κ3) is 3.17. The van der Waals surface area contributed by atoms with Gasteiger partial charge in [-0.05, 0) is 35.0 Å². The fraction of sp³-hybridized carbons (Fsp3) is 0.0909. The first kappa shape index (κ1) is 14.9. The molecule has 0 atom stereocenters. The highest BCUT2D eigenvalue weighted by Crippen LogP contribution is 2.25. The predicted molar refractivity (Wildman–Crippen MR) is 81.1 cm³/mol. The number of sulfonamides is 1. The summed E-state index contributed by atoms with van der Waals surface area (Å²) in [4.78, 5) is 4.17. The molecule has 1 aromatic heterocycles. The van der Waals surface area contributed by atoms with Gasteiger partial charge < -0.3 is 5.21 Å². The van der Waals surface area contributed by atoms with Gasteiger partial charge in [0.1, 0.15) is 16.3 Å². The van der Waals surface area contributed by atoms with Crippen molar-refractivity contribution in [2.24, 2.45) is 5.16 Å². The Morgan fingerprint density at radius 3 is 2.80 bits per heavy atom. The Morgan fingerprint density at radius 1 is 1.45 bits per heavy atom. The molecular formula is C11H10BrN3O3S2. The minimum absolute atomic E-state index is 0.129. The second-order valence-electron chi connectivity index (χ2n) is 3.76. The van der Waals surface area contributed by atoms with Crippen molar-refractivity contribution >= 4 is 48.1 Å². The molecule has 0 saturated carbocycles. The molecule has 0 aliphatic carbocycles. The van der Waals surface area contributed by atoms with Gasteiger partial charge in [-0.1, -0.05) is 17.3 Å². The summed E-state index contributed by atoms with van der Waals surface area (Å²) < 4.78 is 27.3. The van der Waals surface area contributed by atoms with Gasteiger partial charge in [0, 0.05) is 9.85 Å². The van der Waals surface area contributed by atoms with E-state index >= 15 is 0 Å². The normalized spacial score (nSPS) is 12.4. The van der Waals surface area contributed by atoms with E-state index in [1.165, 1.54) is 6.07 Å². The maximum absolute atomic E-state index is 12.2. The van der Waals surface area contributed by atoms with Crippen molar-refractivity contribution in [3.63, 3.8) is 0 Å². The van der Waals surface area contributed by atoms with Crippen LogP contribution >= 0.6 is 27.3 Å². The minimum atomic E-state index is -3.71. The zero-order valence-corrected chi connectivity index (χ0v) is 13.5. The Bertz CT molecular complexity index is 756. The molecule has 2 rings (SSSR count). The van der Waals surface area contributed by atoms with E-state index in [4.69, 9.17) is 5.21 Å². The fourth-order valence-corrected chi connectivity index (χ4v) is 4.38. The lowest BCUT2D eigenvalue weighted by molar-refractivity contribution is 0.319. The van der Waals surface area contributed by atoms with Crippen molar-refractivity contribution in [3.05, 3.63) is 39.8 Å². The van der Waals surface area contributed by atoms with Crippen LogP contribution in [0.3, 0.4) is 0 Å². The molecule has 2 aromatic rings. The van der Waals surface area contributed by atoms with E-state index in [-0.39, 0.29) is 10.0 Å². The van der Waals surface area contributed by atoms with Crippen LogP contribution < -0.4 is 4.72 Å². The number of nitrogens with one attached hydrogen (secondary N) is 1. The van der Waals surface area contributed by atoms with Crippen LogP contribution in [0.1, 0.15) is 12.6 Å². The number of oxime groups is 1. The molecule has 0 aliphatic rings. The van der Waals surface area contributed by atoms with E-state index in [0.29, 0.717) is 15.9 Å². The summed E-state index contributed by atoms with van der Waals surface area (Å²) in [6, 6.07) is 6.49. The first-order chi connectivity index (χ1) is 9.44. The minimum Gasteiger partial charge on any atom is -0.411 e. The van der Waals surface area contributed by atoms with Crippen molar-refractivity contribution < 1.29 is 13.6 Å². The summed E-state index contributed by atoms with van der Waals surface area (Å²) in [5, 5.41) is 13.5. The molecule has 0 fully saturated rings. The van der Waals surface area contributed by atoms with Crippen LogP contribution in [0.5, 0.6) is 0 Å². The molecule has 1 aromatic carbocycles. The van der Waals surface area contributed by atoms with Crippen molar-refractivity contribution in [2.75, 3.05) is 4.72 Å². The number of benzene rings is 1. The van der Waals surface area contributed by atoms with Crippen LogP contribution in [-0.4, -0.2) is 24.3 Å². The van der Waals surface area contributed by atoms with Crippen LogP contribution in [0.2, 0.25) is 0 Å². The first-order valence-electron chi connectivity index (χ1n) is 5.36. The zero-order valence-electron chi connectivity index (χ0n) is 10.2. The molecule has 0 aliphatic heterocycles. The first-order valence-corrected chi connectivity index (χ1v) is 8.51. The Kier molecular flexibility index (Phi) is 4.41. The average molecular weight is 376 g/mol. The zero-order chi connectivity index (χ0) is 14.8. The molecule has 0 bridgehead atoms. The standard InChI is InChI=1S/C11H10BrN3O3S2/c1-7(14-16)9-6-19-11(13-9)15-20(17,18)10-5-3-2-4-8(10)12/h2-6,16H,1H3,(H,13,15). The lowest BCUT2D eigenvalue weighted by atomic mass is 10.3. The number of anilines is 1. The van der Waals surface area contributed by atoms with Crippen LogP contribution in [0.15, 0.2) is 44.2 Å². The largest absolute Gasteiger partial charge is 0.411 e. The van der Waals surface area contributed by atoms with E-state index in [1.54, 1.807) is 30.5 Å². The maximum Gasteiger partial charge on any atom is 0.264 e. The third-order valence-corrected chi connectivity index (χ3v) is 5.61. The summed E-state index contributed by atoms with van der Waals surface area (Å²) in [7, 11) is -3.71. The van der Waals surface area contributed by atoms with E-state index < -0.39 is 10.0 Å². The summed E-state index contributed by atoms with van der Waals surface area (Å²) in [5.74, 6) is 0. The lowest BCUT2D eigenvalue weighted by Gasteiger charge is -2.06. The molecule has 0 saturated heterocycles. The van der Waals surface area contributed by atoms with Crippen LogP contribution in [0.4, 0.5) is 5.13 Å². The Hall–Kier alpha value is -1.45. The predicted octanol–water partition coefficient (Wildman–Crippen LogP) is 2.90. The van der Waals surface area contributed by atoms with Gasteiger partial charge in [0.2, 0.25) is 0 Å². The number of aromatic nitrogens is 1. The SMILES string of the molecule is CC(=NO)c1csc(NS(=O)(=O)c2ccccc2Br)n1. The highest BCUT2D eigenvalue weighted by atomic mass is 79.9. The van der Waals surface area contributed by atoms with Crippen LogP contribution in [0.25, 0.3) is 0 Å². The number of hydrogen-bond acceptors (Lipinski definition) is 6. The van der Waals surface area contributed by atoms with Gasteiger partial charge in [0.05, 0.1) is 0 Å². The number of rotatable bonds is 4. The highest BCUT2D eigenvalue weighted by Gasteiger charge is 2.19. The summed E-state index contributed by atoms with van der Waals surface area (Å²) in [6.45, 7) is 1.57. The fourth-order valence-electron chi connectivity index (χ4n) is 1.37. The number of halogens is 1. The molecule has 1 heterocycles. The van der Waals surface area contributed by atoms with Crippen molar-refractivity contribution in [1.29, 1.82) is 0 Å². The third-order valence-electron chi connectivity index (χ3n) is 2.37. The average Bonchev–Trinajstić information content (AvgIpc) is 2.85. The number of thiazole rings is 1. The van der Waals surface area contributed by atoms with Crippen LogP contribution in [0, 0.1) is 0 Å². The summed E-state index contributed by atoms with van der Waals surface area (Å²) in [5.41, 5.74) is 0.731. The maximum atomic E-state index is 12.2. The van der Waals surface area contributed by atoms with E-state index in [1.807, 2.05) is 0 Å². The molecule has 9 heteroatoms. The second-order valence-corrected chi connectivity index (χ2v) is 7.12. The van der Waals surface area contributed by atoms with Gasteiger partial charge >= 0.3 is 0 Å². The van der Waals surface area contributed by atoms with Gasteiger partial charge in [-0.25, -0.2) is 13.4 Å². The van der Waals surface area contributed by atoms with Gasteiger partial charge in [0.25, 0.3) is 10.0 Å². The molecule has 0 spiro atoms. The Balaban J connectivity index is 2.30. The molecule has 20 heavy (non-hydrogen) atoms. The quantitative estimate of drug-likeness (QED) is 0.488. The van der Waals surface area contributed by atoms with Gasteiger partial charge in [0.15, 0.2) is 5.13 Å². The Morgan fingerprint density at radius 2 is 2.15 bits per heavy atom. The monoisotopic (exact) mass is 375 g/mol. The number of hydrogen-bond donors (Lipinski definition) is 2. The molecule has 0 amide bonds. The van der Waals surface area contributed by atoms with Crippen molar-refractivity contribution in [1.82, 2.24) is 4.98 Å².